The highest BCUT2D eigenvalue weighted by Gasteiger charge is 2.32. The number of amides is 2. The molecule has 3 aromatic carbocycles. The van der Waals surface area contributed by atoms with Crippen molar-refractivity contribution in [1.82, 2.24) is 5.32 Å². The number of nitrogens with one attached hydrogen (secondary N) is 2. The molecule has 0 aliphatic heterocycles. The van der Waals surface area contributed by atoms with E-state index in [1.807, 2.05) is 37.3 Å². The second-order valence-corrected chi connectivity index (χ2v) is 10.4. The average Bonchev–Trinajstić information content (AvgIpc) is 2.82. The van der Waals surface area contributed by atoms with Gasteiger partial charge >= 0.3 is 0 Å². The van der Waals surface area contributed by atoms with E-state index in [9.17, 15) is 18.0 Å². The molecule has 0 radical (unpaired) electrons. The van der Waals surface area contributed by atoms with Gasteiger partial charge < -0.3 is 10.6 Å². The Hall–Kier alpha value is -3.36. The molecule has 0 saturated heterocycles. The number of anilines is 2. The molecule has 0 heterocycles. The number of carbonyl (C=O) groups is 2. The van der Waals surface area contributed by atoms with Gasteiger partial charge in [-0.05, 0) is 49.2 Å². The number of nitrogens with zero attached hydrogens (tertiary/aromatic N) is 1. The molecule has 0 aliphatic carbocycles. The maximum atomic E-state index is 13.3. The van der Waals surface area contributed by atoms with Crippen molar-refractivity contribution >= 4 is 44.8 Å². The number of hydrogen-bond acceptors (Lipinski definition) is 4. The van der Waals surface area contributed by atoms with Crippen molar-refractivity contribution in [3.63, 3.8) is 0 Å². The smallest absolute Gasteiger partial charge is 0.253 e. The van der Waals surface area contributed by atoms with Crippen LogP contribution in [-0.2, 0) is 14.8 Å². The first-order chi connectivity index (χ1) is 16.6. The minimum atomic E-state index is -3.82. The Morgan fingerprint density at radius 2 is 1.63 bits per heavy atom. The van der Waals surface area contributed by atoms with Crippen LogP contribution in [0.1, 0.15) is 42.2 Å². The normalized spacial score (nSPS) is 12.9. The molecule has 2 atom stereocenters. The maximum absolute atomic E-state index is 13.3. The molecule has 7 nitrogen and oxygen atoms in total. The van der Waals surface area contributed by atoms with Gasteiger partial charge in [0, 0.05) is 5.02 Å². The Bertz CT molecular complexity index is 1300. The summed E-state index contributed by atoms with van der Waals surface area (Å²) in [7, 11) is -3.82. The van der Waals surface area contributed by atoms with E-state index >= 15 is 0 Å². The Labute approximate surface area is 211 Å². The highest BCUT2D eigenvalue weighted by atomic mass is 35.5. The molecule has 0 aromatic heterocycles. The van der Waals surface area contributed by atoms with E-state index in [2.05, 4.69) is 10.6 Å². The van der Waals surface area contributed by atoms with Crippen molar-refractivity contribution in [2.24, 2.45) is 0 Å². The van der Waals surface area contributed by atoms with E-state index in [1.54, 1.807) is 49.4 Å². The summed E-state index contributed by atoms with van der Waals surface area (Å²) in [6, 6.07) is 21.1. The van der Waals surface area contributed by atoms with Gasteiger partial charge in [0.05, 0.1) is 29.2 Å². The second kappa shape index (κ2) is 11.4. The van der Waals surface area contributed by atoms with Gasteiger partial charge in [-0.1, -0.05) is 67.1 Å². The third kappa shape index (κ3) is 6.61. The molecular formula is C26H28ClN3O4S. The van der Waals surface area contributed by atoms with Crippen LogP contribution in [0.5, 0.6) is 0 Å². The number of para-hydroxylation sites is 1. The summed E-state index contributed by atoms with van der Waals surface area (Å²) in [5.74, 6) is -0.922. The zero-order chi connectivity index (χ0) is 25.6. The van der Waals surface area contributed by atoms with E-state index in [0.29, 0.717) is 5.02 Å². The van der Waals surface area contributed by atoms with Gasteiger partial charge in [-0.3, -0.25) is 13.9 Å². The summed E-state index contributed by atoms with van der Waals surface area (Å²) in [6.07, 6.45) is 1.24. The molecule has 0 aliphatic rings. The van der Waals surface area contributed by atoms with E-state index in [4.69, 9.17) is 11.6 Å². The maximum Gasteiger partial charge on any atom is 0.253 e. The molecule has 184 valence electrons. The first-order valence-electron chi connectivity index (χ1n) is 11.1. The van der Waals surface area contributed by atoms with E-state index in [0.717, 1.165) is 16.1 Å². The summed E-state index contributed by atoms with van der Waals surface area (Å²) in [4.78, 5) is 26.4. The van der Waals surface area contributed by atoms with Crippen molar-refractivity contribution in [2.75, 3.05) is 15.9 Å². The van der Waals surface area contributed by atoms with Crippen molar-refractivity contribution in [3.8, 4) is 0 Å². The molecule has 3 aromatic rings. The van der Waals surface area contributed by atoms with Gasteiger partial charge in [-0.15, -0.1) is 0 Å². The topological polar surface area (TPSA) is 95.6 Å². The SMILES string of the molecule is CC[C@H](C(=O)Nc1ccccc1C(=O)N[C@H](C)c1ccccc1)N(c1cccc(Cl)c1)S(C)(=O)=O. The highest BCUT2D eigenvalue weighted by Crippen LogP contribution is 2.26. The molecule has 3 rings (SSSR count). The molecule has 0 saturated carbocycles. The predicted molar refractivity (Wildman–Crippen MR) is 140 cm³/mol. The predicted octanol–water partition coefficient (Wildman–Crippen LogP) is 5.01. The average molecular weight is 514 g/mol. The van der Waals surface area contributed by atoms with E-state index in [-0.39, 0.29) is 35.3 Å². The fraction of sp³-hybridized carbons (Fsp3) is 0.231. The Morgan fingerprint density at radius 3 is 2.26 bits per heavy atom. The van der Waals surface area contributed by atoms with Crippen molar-refractivity contribution in [1.29, 1.82) is 0 Å². The lowest BCUT2D eigenvalue weighted by molar-refractivity contribution is -0.117. The molecular weight excluding hydrogens is 486 g/mol. The van der Waals surface area contributed by atoms with Gasteiger partial charge in [0.25, 0.3) is 5.91 Å². The van der Waals surface area contributed by atoms with Crippen molar-refractivity contribution < 1.29 is 18.0 Å². The zero-order valence-corrected chi connectivity index (χ0v) is 21.3. The quantitative estimate of drug-likeness (QED) is 0.420. The zero-order valence-electron chi connectivity index (χ0n) is 19.7. The van der Waals surface area contributed by atoms with E-state index < -0.39 is 22.0 Å². The number of halogens is 1. The Balaban J connectivity index is 1.86. The minimum Gasteiger partial charge on any atom is -0.345 e. The lowest BCUT2D eigenvalue weighted by Crippen LogP contribution is -2.47. The summed E-state index contributed by atoms with van der Waals surface area (Å²) >= 11 is 6.07. The summed E-state index contributed by atoms with van der Waals surface area (Å²) in [5, 5.41) is 6.04. The van der Waals surface area contributed by atoms with Crippen LogP contribution < -0.4 is 14.9 Å². The molecule has 0 spiro atoms. The summed E-state index contributed by atoms with van der Waals surface area (Å²) in [6.45, 7) is 3.59. The molecule has 2 amide bonds. The van der Waals surface area contributed by atoms with Gasteiger partial charge in [0.15, 0.2) is 0 Å². The first kappa shape index (κ1) is 26.2. The van der Waals surface area contributed by atoms with Crippen LogP contribution in [0, 0.1) is 0 Å². The third-order valence-electron chi connectivity index (χ3n) is 5.47. The van der Waals surface area contributed by atoms with Crippen molar-refractivity contribution in [3.05, 3.63) is 95.0 Å². The standard InChI is InChI=1S/C26H28ClN3O4S/c1-4-24(30(35(3,33)34)21-14-10-13-20(27)17-21)26(32)29-23-16-9-8-15-22(23)25(31)28-18(2)19-11-6-5-7-12-19/h5-18,24H,4H2,1-3H3,(H,28,31)(H,29,32)/t18-,24-/m1/s1. The molecule has 2 N–H and O–H groups in total. The van der Waals surface area contributed by atoms with Crippen molar-refractivity contribution in [2.45, 2.75) is 32.4 Å². The van der Waals surface area contributed by atoms with Crippen LogP contribution in [-0.4, -0.2) is 32.5 Å². The second-order valence-electron chi connectivity index (χ2n) is 8.10. The van der Waals surface area contributed by atoms with Gasteiger partial charge in [0.2, 0.25) is 15.9 Å². The monoisotopic (exact) mass is 513 g/mol. The highest BCUT2D eigenvalue weighted by molar-refractivity contribution is 7.92. The van der Waals surface area contributed by atoms with Gasteiger partial charge in [-0.2, -0.15) is 0 Å². The number of benzene rings is 3. The molecule has 0 unspecified atom stereocenters. The lowest BCUT2D eigenvalue weighted by atomic mass is 10.1. The molecule has 9 heteroatoms. The number of sulfonamides is 1. The van der Waals surface area contributed by atoms with Gasteiger partial charge in [-0.25, -0.2) is 8.42 Å². The number of carbonyl (C=O) groups excluding carboxylic acids is 2. The Kier molecular flexibility index (Phi) is 8.53. The van der Waals surface area contributed by atoms with Crippen LogP contribution in [0.2, 0.25) is 5.02 Å². The molecule has 35 heavy (non-hydrogen) atoms. The minimum absolute atomic E-state index is 0.199. The number of rotatable bonds is 9. The Morgan fingerprint density at radius 1 is 0.971 bits per heavy atom. The van der Waals surface area contributed by atoms with Crippen LogP contribution in [0.3, 0.4) is 0 Å². The third-order valence-corrected chi connectivity index (χ3v) is 6.88. The molecule has 0 bridgehead atoms. The van der Waals surface area contributed by atoms with E-state index in [1.165, 1.54) is 6.07 Å². The fourth-order valence-electron chi connectivity index (χ4n) is 3.78. The lowest BCUT2D eigenvalue weighted by Gasteiger charge is -2.30. The van der Waals surface area contributed by atoms with Crippen LogP contribution >= 0.6 is 11.6 Å². The molecule has 0 fully saturated rings. The van der Waals surface area contributed by atoms with Crippen LogP contribution in [0.25, 0.3) is 0 Å². The first-order valence-corrected chi connectivity index (χ1v) is 13.3. The van der Waals surface area contributed by atoms with Crippen LogP contribution in [0.15, 0.2) is 78.9 Å². The number of hydrogen-bond donors (Lipinski definition) is 2. The van der Waals surface area contributed by atoms with Crippen LogP contribution in [0.4, 0.5) is 11.4 Å². The summed E-state index contributed by atoms with van der Waals surface area (Å²) < 4.78 is 26.4. The summed E-state index contributed by atoms with van der Waals surface area (Å²) in [5.41, 5.74) is 1.78. The fourth-order valence-corrected chi connectivity index (χ4v) is 5.17. The van der Waals surface area contributed by atoms with Gasteiger partial charge in [0.1, 0.15) is 6.04 Å². The largest absolute Gasteiger partial charge is 0.345 e.